The Kier molecular flexibility index (Phi) is 6.35. The van der Waals surface area contributed by atoms with Crippen molar-refractivity contribution in [3.8, 4) is 0 Å². The lowest BCUT2D eigenvalue weighted by atomic mass is 9.98. The molecule has 0 spiro atoms. The minimum Gasteiger partial charge on any atom is -0.467 e. The molecule has 2 unspecified atom stereocenters. The predicted octanol–water partition coefficient (Wildman–Crippen LogP) is -0.175. The fraction of sp³-hybridized carbons (Fsp3) is 0.923. The van der Waals surface area contributed by atoms with Gasteiger partial charge < -0.3 is 29.2 Å². The maximum atomic E-state index is 11.8. The monoisotopic (exact) mass is 292 g/mol. The number of hydrogen-bond acceptors (Lipinski definition) is 7. The zero-order valence-electron chi connectivity index (χ0n) is 12.5. The first-order valence-corrected chi connectivity index (χ1v) is 6.68. The molecule has 7 heteroatoms. The van der Waals surface area contributed by atoms with Crippen LogP contribution in [-0.2, 0) is 23.7 Å². The van der Waals surface area contributed by atoms with Gasteiger partial charge in [0, 0.05) is 0 Å². The Balaban J connectivity index is 2.91. The van der Waals surface area contributed by atoms with Crippen LogP contribution in [0.3, 0.4) is 0 Å². The fourth-order valence-electron chi connectivity index (χ4n) is 1.99. The van der Waals surface area contributed by atoms with Crippen LogP contribution in [0, 0.1) is 0 Å². The molecule has 0 aromatic rings. The van der Waals surface area contributed by atoms with Crippen LogP contribution >= 0.6 is 0 Å². The molecule has 0 aliphatic carbocycles. The van der Waals surface area contributed by atoms with Gasteiger partial charge >= 0.3 is 5.97 Å². The smallest absolute Gasteiger partial charge is 0.337 e. The van der Waals surface area contributed by atoms with Crippen LogP contribution < -0.4 is 0 Å². The fourth-order valence-corrected chi connectivity index (χ4v) is 1.99. The van der Waals surface area contributed by atoms with Gasteiger partial charge in [0.25, 0.3) is 0 Å². The lowest BCUT2D eigenvalue weighted by molar-refractivity contribution is -0.310. The second-order valence-electron chi connectivity index (χ2n) is 5.26. The highest BCUT2D eigenvalue weighted by molar-refractivity contribution is 5.75. The van der Waals surface area contributed by atoms with E-state index in [-0.39, 0.29) is 12.2 Å². The van der Waals surface area contributed by atoms with Crippen LogP contribution in [-0.4, -0.2) is 66.2 Å². The molecular weight excluding hydrogens is 268 g/mol. The minimum absolute atomic E-state index is 0.234. The molecule has 0 aromatic carbocycles. The number of esters is 1. The first-order valence-electron chi connectivity index (χ1n) is 6.68. The summed E-state index contributed by atoms with van der Waals surface area (Å²) in [4.78, 5) is 11.8. The van der Waals surface area contributed by atoms with Crippen LogP contribution in [0.15, 0.2) is 0 Å². The molecule has 0 bridgehead atoms. The second kappa shape index (κ2) is 7.33. The lowest BCUT2D eigenvalue weighted by Crippen LogP contribution is -2.62. The normalized spacial score (nSPS) is 34.5. The van der Waals surface area contributed by atoms with Gasteiger partial charge in [-0.25, -0.2) is 4.79 Å². The lowest BCUT2D eigenvalue weighted by Gasteiger charge is -2.42. The maximum absolute atomic E-state index is 11.8. The largest absolute Gasteiger partial charge is 0.467 e. The third kappa shape index (κ3) is 4.13. The quantitative estimate of drug-likeness (QED) is 0.679. The van der Waals surface area contributed by atoms with Gasteiger partial charge in [-0.2, -0.15) is 0 Å². The summed E-state index contributed by atoms with van der Waals surface area (Å²) in [6, 6.07) is 0. The Morgan fingerprint density at radius 2 is 1.60 bits per heavy atom. The number of carbonyl (C=O) groups is 1. The van der Waals surface area contributed by atoms with E-state index in [0.29, 0.717) is 0 Å². The molecule has 20 heavy (non-hydrogen) atoms. The van der Waals surface area contributed by atoms with E-state index < -0.39 is 36.7 Å². The average Bonchev–Trinajstić information content (AvgIpc) is 2.36. The van der Waals surface area contributed by atoms with Gasteiger partial charge in [0.1, 0.15) is 18.3 Å². The summed E-state index contributed by atoms with van der Waals surface area (Å²) in [7, 11) is 1.22. The van der Waals surface area contributed by atoms with Gasteiger partial charge in [0.15, 0.2) is 12.4 Å². The molecule has 5 atom stereocenters. The van der Waals surface area contributed by atoms with Crippen LogP contribution in [0.25, 0.3) is 0 Å². The van der Waals surface area contributed by atoms with E-state index >= 15 is 0 Å². The van der Waals surface area contributed by atoms with E-state index in [9.17, 15) is 15.0 Å². The Hall–Kier alpha value is -0.730. The standard InChI is InChI=1S/C13H24O7/c1-6(2)18-10-8(14)9(15)13(19-7(3)4)20-11(10)12(16)17-5/h6-11,13-15H,1-5H3/t8-,9?,10-,11?,13+/m1/s1. The molecule has 1 heterocycles. The number of carbonyl (C=O) groups excluding carboxylic acids is 1. The van der Waals surface area contributed by atoms with Gasteiger partial charge in [-0.3, -0.25) is 0 Å². The Bertz CT molecular complexity index is 318. The van der Waals surface area contributed by atoms with Crippen molar-refractivity contribution in [1.29, 1.82) is 0 Å². The van der Waals surface area contributed by atoms with Crippen molar-refractivity contribution in [3.63, 3.8) is 0 Å². The van der Waals surface area contributed by atoms with Crippen molar-refractivity contribution in [2.45, 2.75) is 70.6 Å². The number of methoxy groups -OCH3 is 1. The van der Waals surface area contributed by atoms with Crippen LogP contribution in [0.1, 0.15) is 27.7 Å². The van der Waals surface area contributed by atoms with Crippen LogP contribution in [0.5, 0.6) is 0 Å². The molecule has 118 valence electrons. The van der Waals surface area contributed by atoms with E-state index in [2.05, 4.69) is 4.74 Å². The first-order chi connectivity index (χ1) is 9.27. The van der Waals surface area contributed by atoms with Crippen molar-refractivity contribution in [1.82, 2.24) is 0 Å². The molecule has 0 amide bonds. The average molecular weight is 292 g/mol. The summed E-state index contributed by atoms with van der Waals surface area (Å²) in [5.74, 6) is -0.682. The molecule has 1 aliphatic heterocycles. The third-order valence-corrected chi connectivity index (χ3v) is 2.81. The number of aliphatic hydroxyl groups is 2. The summed E-state index contributed by atoms with van der Waals surface area (Å²) >= 11 is 0. The zero-order chi connectivity index (χ0) is 15.4. The highest BCUT2D eigenvalue weighted by Crippen LogP contribution is 2.26. The van der Waals surface area contributed by atoms with Crippen molar-refractivity contribution >= 4 is 5.97 Å². The summed E-state index contributed by atoms with van der Waals surface area (Å²) in [5, 5.41) is 20.2. The van der Waals surface area contributed by atoms with Gasteiger partial charge in [-0.15, -0.1) is 0 Å². The molecule has 1 aliphatic rings. The Morgan fingerprint density at radius 3 is 2.05 bits per heavy atom. The Labute approximate surface area is 118 Å². The molecule has 7 nitrogen and oxygen atoms in total. The van der Waals surface area contributed by atoms with Gasteiger partial charge in [-0.05, 0) is 27.7 Å². The van der Waals surface area contributed by atoms with Crippen LogP contribution in [0.4, 0.5) is 0 Å². The van der Waals surface area contributed by atoms with Gasteiger partial charge in [0.05, 0.1) is 19.3 Å². The molecule has 1 saturated heterocycles. The number of rotatable bonds is 5. The topological polar surface area (TPSA) is 94.5 Å². The van der Waals surface area contributed by atoms with Gasteiger partial charge in [0.2, 0.25) is 0 Å². The van der Waals surface area contributed by atoms with Crippen molar-refractivity contribution in [3.05, 3.63) is 0 Å². The van der Waals surface area contributed by atoms with E-state index in [1.807, 2.05) is 0 Å². The molecule has 1 fully saturated rings. The molecule has 0 radical (unpaired) electrons. The summed E-state index contributed by atoms with van der Waals surface area (Å²) < 4.78 is 20.9. The molecule has 0 aromatic heterocycles. The van der Waals surface area contributed by atoms with Gasteiger partial charge in [-0.1, -0.05) is 0 Å². The number of ether oxygens (including phenoxy) is 4. The third-order valence-electron chi connectivity index (χ3n) is 2.81. The number of hydrogen-bond donors (Lipinski definition) is 2. The van der Waals surface area contributed by atoms with Crippen molar-refractivity contribution in [2.24, 2.45) is 0 Å². The van der Waals surface area contributed by atoms with E-state index in [4.69, 9.17) is 14.2 Å². The highest BCUT2D eigenvalue weighted by Gasteiger charge is 2.49. The minimum atomic E-state index is -1.31. The maximum Gasteiger partial charge on any atom is 0.337 e. The molecule has 1 rings (SSSR count). The van der Waals surface area contributed by atoms with E-state index in [1.54, 1.807) is 27.7 Å². The second-order valence-corrected chi connectivity index (χ2v) is 5.26. The Morgan fingerprint density at radius 1 is 1.05 bits per heavy atom. The molecular formula is C13H24O7. The predicted molar refractivity (Wildman–Crippen MR) is 68.9 cm³/mol. The summed E-state index contributed by atoms with van der Waals surface area (Å²) in [5.41, 5.74) is 0. The van der Waals surface area contributed by atoms with E-state index in [0.717, 1.165) is 0 Å². The number of aliphatic hydroxyl groups excluding tert-OH is 2. The highest BCUT2D eigenvalue weighted by atomic mass is 16.7. The summed E-state index contributed by atoms with van der Waals surface area (Å²) in [6.07, 6.45) is -6.36. The van der Waals surface area contributed by atoms with Crippen molar-refractivity contribution < 1.29 is 34.0 Å². The SMILES string of the molecule is COC(=O)C1O[C@H](OC(C)C)C(O)[C@@H](O)[C@H]1OC(C)C. The van der Waals surface area contributed by atoms with E-state index in [1.165, 1.54) is 7.11 Å². The van der Waals surface area contributed by atoms with Crippen LogP contribution in [0.2, 0.25) is 0 Å². The summed E-state index contributed by atoms with van der Waals surface area (Å²) in [6.45, 7) is 7.02. The zero-order valence-corrected chi connectivity index (χ0v) is 12.5. The van der Waals surface area contributed by atoms with Crippen molar-refractivity contribution in [2.75, 3.05) is 7.11 Å². The molecule has 2 N–H and O–H groups in total. The first kappa shape index (κ1) is 17.3. The molecule has 0 saturated carbocycles.